The van der Waals surface area contributed by atoms with Gasteiger partial charge in [0.05, 0.1) is 54.6 Å². The van der Waals surface area contributed by atoms with Crippen LogP contribution >= 0.6 is 34.0 Å². The highest BCUT2D eigenvalue weighted by atomic mass is 32.1. The first-order chi connectivity index (χ1) is 58.9. The van der Waals surface area contributed by atoms with Crippen molar-refractivity contribution in [3.63, 3.8) is 0 Å². The summed E-state index contributed by atoms with van der Waals surface area (Å²) < 4.78 is 7.51. The average molecular weight is 1570 g/mol. The van der Waals surface area contributed by atoms with Gasteiger partial charge in [0.2, 0.25) is 0 Å². The molecule has 0 saturated carbocycles. The van der Waals surface area contributed by atoms with Crippen LogP contribution in [0.15, 0.2) is 413 Å². The maximum atomic E-state index is 5.46. The Morgan fingerprint density at radius 2 is 0.437 bits per heavy atom. The van der Waals surface area contributed by atoms with Crippen LogP contribution in [-0.2, 0) is 0 Å². The molecule has 6 nitrogen and oxygen atoms in total. The lowest BCUT2D eigenvalue weighted by Gasteiger charge is -2.12. The van der Waals surface area contributed by atoms with Gasteiger partial charge < -0.3 is 0 Å². The highest BCUT2D eigenvalue weighted by molar-refractivity contribution is 7.27. The van der Waals surface area contributed by atoms with E-state index in [-0.39, 0.29) is 0 Å². The van der Waals surface area contributed by atoms with Gasteiger partial charge in [0, 0.05) is 106 Å². The minimum absolute atomic E-state index is 0.693. The third-order valence-corrected chi connectivity index (χ3v) is 26.1. The Morgan fingerprint density at radius 1 is 0.151 bits per heavy atom. The van der Waals surface area contributed by atoms with Gasteiger partial charge in [-0.05, 0) is 134 Å². The van der Waals surface area contributed by atoms with Crippen molar-refractivity contribution >= 4 is 116 Å². The van der Waals surface area contributed by atoms with Gasteiger partial charge in [-0.25, -0.2) is 29.9 Å². The lowest BCUT2D eigenvalue weighted by atomic mass is 9.96. The van der Waals surface area contributed by atoms with Crippen molar-refractivity contribution in [2.75, 3.05) is 0 Å². The van der Waals surface area contributed by atoms with Gasteiger partial charge in [-0.1, -0.05) is 334 Å². The van der Waals surface area contributed by atoms with Gasteiger partial charge in [0.1, 0.15) is 0 Å². The standard InChI is InChI=1S/C55H33N3S2.C55H35N3S/c1-3-12-34(13-4-1)35-22-24-36(25-23-35)47-33-48(58-55(57-47)37-14-5-2-6-15-37)40-16-11-17-41(30-40)53-54-52(43-19-8-10-21-50(43)60-54)45-32-38(26-28-46(45)56-53)39-27-29-51-44(31-39)42-18-7-9-20-49(42)59-51;1-4-13-36(14-5-1)38-23-25-39(26-24-38)49-35-50(58-55(57-49)42-17-8-3-9-18-42)40-27-29-41(30-28-40)53-54-52(46-21-10-11-22-51(46)59-54)47-34-45(31-32-48(47)56-53)44-20-12-19-43(33-44)37-15-6-2-7-16-37/h1-33H;1-35H. The molecule has 0 aliphatic heterocycles. The number of hydrogen-bond donors (Lipinski definition) is 0. The molecule has 16 aromatic carbocycles. The van der Waals surface area contributed by atoms with Crippen molar-refractivity contribution < 1.29 is 0 Å². The van der Waals surface area contributed by atoms with Crippen molar-refractivity contribution in [2.24, 2.45) is 0 Å². The first kappa shape index (κ1) is 70.8. The van der Waals surface area contributed by atoms with E-state index in [1.165, 1.54) is 127 Å². The predicted molar refractivity (Wildman–Crippen MR) is 504 cm³/mol. The molecule has 0 radical (unpaired) electrons. The smallest absolute Gasteiger partial charge is 0.160 e. The van der Waals surface area contributed by atoms with Crippen molar-refractivity contribution in [2.45, 2.75) is 0 Å². The van der Waals surface area contributed by atoms with Gasteiger partial charge in [-0.15, -0.1) is 34.0 Å². The minimum Gasteiger partial charge on any atom is -0.246 e. The maximum Gasteiger partial charge on any atom is 0.160 e. The molecule has 0 aliphatic rings. The van der Waals surface area contributed by atoms with Crippen LogP contribution in [0.1, 0.15) is 0 Å². The summed E-state index contributed by atoms with van der Waals surface area (Å²) in [7, 11) is 0. The van der Waals surface area contributed by atoms with E-state index >= 15 is 0 Å². The molecule has 7 aromatic heterocycles. The quantitative estimate of drug-likeness (QED) is 0.114. The number of aromatic nitrogens is 6. The first-order valence-corrected chi connectivity index (χ1v) is 42.4. The van der Waals surface area contributed by atoms with E-state index in [2.05, 4.69) is 364 Å². The van der Waals surface area contributed by atoms with Crippen LogP contribution in [0.2, 0.25) is 0 Å². The summed E-state index contributed by atoms with van der Waals surface area (Å²) in [6, 6.07) is 146. The molecule has 23 aromatic rings. The van der Waals surface area contributed by atoms with Crippen LogP contribution < -0.4 is 0 Å². The molecule has 556 valence electrons. The Bertz CT molecular complexity index is 7800. The number of rotatable bonds is 13. The fraction of sp³-hybridized carbons (Fsp3) is 0. The Hall–Kier alpha value is -14.8. The lowest BCUT2D eigenvalue weighted by Crippen LogP contribution is -1.96. The summed E-state index contributed by atoms with van der Waals surface area (Å²) >= 11 is 5.49. The van der Waals surface area contributed by atoms with E-state index in [0.29, 0.717) is 11.6 Å². The summed E-state index contributed by atoms with van der Waals surface area (Å²) in [5, 5.41) is 9.96. The van der Waals surface area contributed by atoms with Crippen molar-refractivity contribution in [1.29, 1.82) is 0 Å². The zero-order valence-electron chi connectivity index (χ0n) is 64.2. The molecule has 0 amide bonds. The SMILES string of the molecule is c1ccc(-c2ccc(-c3cc(-c4ccc(-c5nc6ccc(-c7cccc(-c8ccccc8)c7)cc6c6c5sc5ccccc56)cc4)nc(-c4ccccc4)n3)cc2)cc1.c1ccc(-c2ccc(-c3cc(-c4cccc(-c5nc6ccc(-c7ccc8sc9ccccc9c8c7)cc6c6c5sc5ccccc56)c4)nc(-c4ccccc4)n3)cc2)cc1. The highest BCUT2D eigenvalue weighted by Crippen LogP contribution is 2.48. The second kappa shape index (κ2) is 30.4. The van der Waals surface area contributed by atoms with E-state index in [1.807, 2.05) is 82.5 Å². The summed E-state index contributed by atoms with van der Waals surface area (Å²) in [5.41, 5.74) is 27.5. The lowest BCUT2D eigenvalue weighted by molar-refractivity contribution is 1.18. The molecule has 7 heterocycles. The summed E-state index contributed by atoms with van der Waals surface area (Å²) in [6.07, 6.45) is 0. The van der Waals surface area contributed by atoms with E-state index in [9.17, 15) is 0 Å². The topological polar surface area (TPSA) is 77.3 Å². The van der Waals surface area contributed by atoms with Crippen molar-refractivity contribution in [1.82, 2.24) is 29.9 Å². The number of nitrogens with zero attached hydrogens (tertiary/aromatic N) is 6. The molecule has 0 bridgehead atoms. The van der Waals surface area contributed by atoms with Crippen LogP contribution in [0.4, 0.5) is 0 Å². The molecule has 0 N–H and O–H groups in total. The van der Waals surface area contributed by atoms with Crippen LogP contribution in [-0.4, -0.2) is 29.9 Å². The molecule has 0 aliphatic carbocycles. The van der Waals surface area contributed by atoms with Gasteiger partial charge in [0.15, 0.2) is 11.6 Å². The molecule has 23 rings (SSSR count). The molecule has 119 heavy (non-hydrogen) atoms. The third-order valence-electron chi connectivity index (χ3n) is 22.6. The molecular weight excluding hydrogens is 1500 g/mol. The van der Waals surface area contributed by atoms with E-state index < -0.39 is 0 Å². The molecule has 9 heteroatoms. The fourth-order valence-electron chi connectivity index (χ4n) is 16.6. The molecule has 0 unspecified atom stereocenters. The Kier molecular flexibility index (Phi) is 18.1. The Morgan fingerprint density at radius 3 is 0.899 bits per heavy atom. The highest BCUT2D eigenvalue weighted by Gasteiger charge is 2.23. The number of thiophene rings is 3. The Labute approximate surface area is 699 Å². The Balaban J connectivity index is 0.000000143. The van der Waals surface area contributed by atoms with Gasteiger partial charge >= 0.3 is 0 Å². The molecular formula is C110H68N6S3. The first-order valence-electron chi connectivity index (χ1n) is 39.9. The van der Waals surface area contributed by atoms with Crippen LogP contribution in [0.5, 0.6) is 0 Å². The average Bonchev–Trinajstić information content (AvgIpc) is 1.61. The second-order valence-corrected chi connectivity index (χ2v) is 33.1. The number of pyridine rings is 2. The maximum absolute atomic E-state index is 5.46. The number of hydrogen-bond acceptors (Lipinski definition) is 9. The van der Waals surface area contributed by atoms with Crippen LogP contribution in [0.3, 0.4) is 0 Å². The molecule has 0 atom stereocenters. The normalized spacial score (nSPS) is 11.5. The van der Waals surface area contributed by atoms with E-state index in [1.54, 1.807) is 0 Å². The monoisotopic (exact) mass is 1570 g/mol. The summed E-state index contributed by atoms with van der Waals surface area (Å²) in [6.45, 7) is 0. The van der Waals surface area contributed by atoms with Crippen molar-refractivity contribution in [3.8, 4) is 146 Å². The van der Waals surface area contributed by atoms with E-state index in [4.69, 9.17) is 29.9 Å². The van der Waals surface area contributed by atoms with Crippen LogP contribution in [0.25, 0.3) is 228 Å². The van der Waals surface area contributed by atoms with Crippen LogP contribution in [0, 0.1) is 0 Å². The second-order valence-electron chi connectivity index (χ2n) is 29.9. The zero-order chi connectivity index (χ0) is 78.7. The number of fused-ring (bicyclic) bond motifs is 13. The van der Waals surface area contributed by atoms with Gasteiger partial charge in [0.25, 0.3) is 0 Å². The summed E-state index contributed by atoms with van der Waals surface area (Å²) in [5.74, 6) is 1.39. The zero-order valence-corrected chi connectivity index (χ0v) is 66.6. The molecule has 0 fully saturated rings. The van der Waals surface area contributed by atoms with Gasteiger partial charge in [-0.3, -0.25) is 0 Å². The van der Waals surface area contributed by atoms with Gasteiger partial charge in [-0.2, -0.15) is 0 Å². The molecule has 0 saturated heterocycles. The third kappa shape index (κ3) is 13.5. The van der Waals surface area contributed by atoms with Crippen molar-refractivity contribution in [3.05, 3.63) is 413 Å². The summed E-state index contributed by atoms with van der Waals surface area (Å²) in [4.78, 5) is 31.4. The predicted octanol–water partition coefficient (Wildman–Crippen LogP) is 30.8. The fourth-order valence-corrected chi connectivity index (χ4v) is 20.1. The number of benzene rings is 16. The largest absolute Gasteiger partial charge is 0.246 e. The minimum atomic E-state index is 0.693. The van der Waals surface area contributed by atoms with E-state index in [0.717, 1.165) is 89.7 Å². The molecule has 0 spiro atoms.